The molecule has 0 radical (unpaired) electrons. The molecule has 19 heavy (non-hydrogen) atoms. The second-order valence-electron chi connectivity index (χ2n) is 4.27. The molecule has 0 fully saturated rings. The van der Waals surface area contributed by atoms with Gasteiger partial charge in [0.25, 0.3) is 0 Å². The Morgan fingerprint density at radius 2 is 2.16 bits per heavy atom. The molecule has 1 heterocycles. The molecule has 0 saturated heterocycles. The lowest BCUT2D eigenvalue weighted by Crippen LogP contribution is -2.10. The number of nitrogens with zero attached hydrogens (tertiary/aromatic N) is 3. The molecule has 0 unspecified atom stereocenters. The van der Waals surface area contributed by atoms with E-state index in [9.17, 15) is 4.39 Å². The monoisotopic (exact) mass is 264 g/mol. The molecule has 6 heteroatoms. The second kappa shape index (κ2) is 5.79. The van der Waals surface area contributed by atoms with E-state index in [1.807, 2.05) is 24.6 Å². The van der Waals surface area contributed by atoms with Gasteiger partial charge < -0.3 is 14.6 Å². The zero-order valence-electron chi connectivity index (χ0n) is 11.3. The number of rotatable bonds is 5. The van der Waals surface area contributed by atoms with Crippen LogP contribution in [0.4, 0.5) is 4.39 Å². The summed E-state index contributed by atoms with van der Waals surface area (Å²) in [6.07, 6.45) is 0. The van der Waals surface area contributed by atoms with Gasteiger partial charge in [0.1, 0.15) is 12.4 Å². The maximum Gasteiger partial charge on any atom is 0.170 e. The quantitative estimate of drug-likeness (QED) is 0.890. The average Bonchev–Trinajstić information content (AvgIpc) is 2.70. The summed E-state index contributed by atoms with van der Waals surface area (Å²) in [5.41, 5.74) is 0.779. The summed E-state index contributed by atoms with van der Waals surface area (Å²) < 4.78 is 21.2. The normalized spacial score (nSPS) is 10.7. The number of aryl methyl sites for hydroxylation is 1. The van der Waals surface area contributed by atoms with E-state index in [2.05, 4.69) is 15.5 Å². The average molecular weight is 264 g/mol. The molecule has 0 spiro atoms. The maximum absolute atomic E-state index is 13.8. The number of nitrogens with one attached hydrogen (secondary N) is 1. The molecule has 0 aliphatic carbocycles. The third-order valence-corrected chi connectivity index (χ3v) is 2.94. The number of hydrogen-bond acceptors (Lipinski definition) is 4. The first-order valence-corrected chi connectivity index (χ1v) is 6.03. The highest BCUT2D eigenvalue weighted by Gasteiger charge is 2.12. The van der Waals surface area contributed by atoms with Gasteiger partial charge in [0.2, 0.25) is 0 Å². The molecule has 0 aliphatic rings. The molecule has 2 aromatic rings. The Bertz CT molecular complexity index is 568. The minimum Gasteiger partial charge on any atom is -0.482 e. The predicted octanol–water partition coefficient (Wildman–Crippen LogP) is 1.56. The summed E-state index contributed by atoms with van der Waals surface area (Å²) in [5.74, 6) is 1.35. The summed E-state index contributed by atoms with van der Waals surface area (Å²) >= 11 is 0. The van der Waals surface area contributed by atoms with Crippen molar-refractivity contribution in [1.82, 2.24) is 20.1 Å². The summed E-state index contributed by atoms with van der Waals surface area (Å²) in [5, 5.41) is 10.9. The third-order valence-electron chi connectivity index (χ3n) is 2.94. The van der Waals surface area contributed by atoms with Crippen molar-refractivity contribution in [3.63, 3.8) is 0 Å². The molecule has 0 amide bonds. The highest BCUT2D eigenvalue weighted by molar-refractivity contribution is 5.34. The second-order valence-corrected chi connectivity index (χ2v) is 4.27. The Kier molecular flexibility index (Phi) is 4.11. The van der Waals surface area contributed by atoms with Crippen LogP contribution in [0.2, 0.25) is 0 Å². The fourth-order valence-corrected chi connectivity index (χ4v) is 1.76. The van der Waals surface area contributed by atoms with Crippen LogP contribution < -0.4 is 10.1 Å². The standard InChI is InChI=1S/C13H17FN4O/c1-9-16-17-12(18(9)3)8-19-13-10(7-15-2)5-4-6-11(13)14/h4-6,15H,7-8H2,1-3H3. The molecular weight excluding hydrogens is 247 g/mol. The summed E-state index contributed by atoms with van der Waals surface area (Å²) in [6.45, 7) is 2.59. The van der Waals surface area contributed by atoms with Gasteiger partial charge in [-0.3, -0.25) is 0 Å². The van der Waals surface area contributed by atoms with Crippen molar-refractivity contribution in [2.24, 2.45) is 7.05 Å². The van der Waals surface area contributed by atoms with Gasteiger partial charge in [0.05, 0.1) is 0 Å². The van der Waals surface area contributed by atoms with Gasteiger partial charge in [-0.1, -0.05) is 12.1 Å². The topological polar surface area (TPSA) is 52.0 Å². The van der Waals surface area contributed by atoms with Crippen molar-refractivity contribution in [2.75, 3.05) is 7.05 Å². The number of para-hydroxylation sites is 1. The van der Waals surface area contributed by atoms with Crippen molar-refractivity contribution >= 4 is 0 Å². The van der Waals surface area contributed by atoms with Crippen LogP contribution in [0.15, 0.2) is 18.2 Å². The largest absolute Gasteiger partial charge is 0.482 e. The molecule has 0 saturated carbocycles. The zero-order chi connectivity index (χ0) is 13.8. The SMILES string of the molecule is CNCc1cccc(F)c1OCc1nnc(C)n1C. The van der Waals surface area contributed by atoms with Crippen LogP contribution in [-0.4, -0.2) is 21.8 Å². The Hall–Kier alpha value is -1.95. The number of halogens is 1. The van der Waals surface area contributed by atoms with E-state index >= 15 is 0 Å². The molecule has 5 nitrogen and oxygen atoms in total. The number of ether oxygens (including phenoxy) is 1. The van der Waals surface area contributed by atoms with Gasteiger partial charge in [-0.25, -0.2) is 4.39 Å². The van der Waals surface area contributed by atoms with E-state index in [0.29, 0.717) is 12.4 Å². The Morgan fingerprint density at radius 1 is 1.37 bits per heavy atom. The molecule has 0 bridgehead atoms. The minimum absolute atomic E-state index is 0.189. The van der Waals surface area contributed by atoms with E-state index in [1.54, 1.807) is 13.1 Å². The molecule has 1 aromatic carbocycles. The van der Waals surface area contributed by atoms with Crippen molar-refractivity contribution in [3.8, 4) is 5.75 Å². The van der Waals surface area contributed by atoms with Gasteiger partial charge in [-0.05, 0) is 20.0 Å². The zero-order valence-corrected chi connectivity index (χ0v) is 11.3. The van der Waals surface area contributed by atoms with Crippen LogP contribution in [0.25, 0.3) is 0 Å². The number of hydrogen-bond donors (Lipinski definition) is 1. The molecule has 1 aromatic heterocycles. The van der Waals surface area contributed by atoms with Crippen LogP contribution in [-0.2, 0) is 20.2 Å². The van der Waals surface area contributed by atoms with Crippen LogP contribution in [0, 0.1) is 12.7 Å². The number of benzene rings is 1. The van der Waals surface area contributed by atoms with E-state index in [4.69, 9.17) is 4.74 Å². The Morgan fingerprint density at radius 3 is 2.79 bits per heavy atom. The van der Waals surface area contributed by atoms with Crippen LogP contribution in [0.3, 0.4) is 0 Å². The third kappa shape index (κ3) is 2.90. The molecular formula is C13H17FN4O. The molecule has 0 atom stereocenters. The molecule has 102 valence electrons. The van der Waals surface area contributed by atoms with Gasteiger partial charge in [0.15, 0.2) is 17.4 Å². The molecule has 1 N–H and O–H groups in total. The van der Waals surface area contributed by atoms with E-state index in [-0.39, 0.29) is 18.2 Å². The Labute approximate surface area is 111 Å². The summed E-state index contributed by atoms with van der Waals surface area (Å²) in [4.78, 5) is 0. The Balaban J connectivity index is 2.17. The smallest absolute Gasteiger partial charge is 0.170 e. The van der Waals surface area contributed by atoms with Crippen molar-refractivity contribution in [2.45, 2.75) is 20.1 Å². The minimum atomic E-state index is -0.369. The van der Waals surface area contributed by atoms with E-state index in [1.165, 1.54) is 6.07 Å². The van der Waals surface area contributed by atoms with Crippen molar-refractivity contribution < 1.29 is 9.13 Å². The van der Waals surface area contributed by atoms with Gasteiger partial charge in [-0.15, -0.1) is 10.2 Å². The molecule has 2 rings (SSSR count). The highest BCUT2D eigenvalue weighted by Crippen LogP contribution is 2.23. The van der Waals surface area contributed by atoms with Crippen LogP contribution in [0.1, 0.15) is 17.2 Å². The number of aromatic nitrogens is 3. The lowest BCUT2D eigenvalue weighted by Gasteiger charge is -2.11. The van der Waals surface area contributed by atoms with Gasteiger partial charge in [-0.2, -0.15) is 0 Å². The fraction of sp³-hybridized carbons (Fsp3) is 0.385. The van der Waals surface area contributed by atoms with E-state index in [0.717, 1.165) is 11.4 Å². The lowest BCUT2D eigenvalue weighted by atomic mass is 10.2. The van der Waals surface area contributed by atoms with Gasteiger partial charge in [0, 0.05) is 19.2 Å². The summed E-state index contributed by atoms with van der Waals surface area (Å²) in [6, 6.07) is 4.88. The predicted molar refractivity (Wildman–Crippen MR) is 69.2 cm³/mol. The van der Waals surface area contributed by atoms with Crippen LogP contribution >= 0.6 is 0 Å². The maximum atomic E-state index is 13.8. The first-order valence-electron chi connectivity index (χ1n) is 6.03. The first kappa shape index (κ1) is 13.5. The highest BCUT2D eigenvalue weighted by atomic mass is 19.1. The summed E-state index contributed by atoms with van der Waals surface area (Å²) in [7, 11) is 3.66. The van der Waals surface area contributed by atoms with Crippen LogP contribution in [0.5, 0.6) is 5.75 Å². The van der Waals surface area contributed by atoms with Crippen molar-refractivity contribution in [1.29, 1.82) is 0 Å². The fourth-order valence-electron chi connectivity index (χ4n) is 1.76. The molecule has 0 aliphatic heterocycles. The van der Waals surface area contributed by atoms with E-state index < -0.39 is 0 Å². The first-order chi connectivity index (χ1) is 9.13. The lowest BCUT2D eigenvalue weighted by molar-refractivity contribution is 0.273. The van der Waals surface area contributed by atoms with Gasteiger partial charge >= 0.3 is 0 Å². The van der Waals surface area contributed by atoms with Crippen molar-refractivity contribution in [3.05, 3.63) is 41.2 Å².